The molecule has 1 aliphatic carbocycles. The van der Waals surface area contributed by atoms with Gasteiger partial charge in [-0.25, -0.2) is 9.97 Å². The van der Waals surface area contributed by atoms with Gasteiger partial charge in [-0.05, 0) is 38.2 Å². The van der Waals surface area contributed by atoms with E-state index in [4.69, 9.17) is 9.97 Å². The number of piperazine rings is 1. The van der Waals surface area contributed by atoms with Crippen LogP contribution in [0, 0.1) is 12.3 Å². The molecule has 6 heteroatoms. The summed E-state index contributed by atoms with van der Waals surface area (Å²) in [7, 11) is 0. The van der Waals surface area contributed by atoms with Crippen molar-refractivity contribution >= 4 is 33.3 Å². The minimum Gasteiger partial charge on any atom is -0.352 e. The van der Waals surface area contributed by atoms with E-state index in [0.29, 0.717) is 0 Å². The van der Waals surface area contributed by atoms with Crippen molar-refractivity contribution in [2.24, 2.45) is 5.41 Å². The predicted molar refractivity (Wildman–Crippen MR) is 107 cm³/mol. The maximum Gasteiger partial charge on any atom is 0.228 e. The summed E-state index contributed by atoms with van der Waals surface area (Å²) in [5.41, 5.74) is 1.17. The van der Waals surface area contributed by atoms with Gasteiger partial charge in [0.1, 0.15) is 16.5 Å². The summed E-state index contributed by atoms with van der Waals surface area (Å²) in [5, 5.41) is 1.28. The fourth-order valence-corrected chi connectivity index (χ4v) is 5.37. The number of amides is 1. The third-order valence-corrected chi connectivity index (χ3v) is 6.60. The summed E-state index contributed by atoms with van der Waals surface area (Å²) < 4.78 is 0. The van der Waals surface area contributed by atoms with E-state index in [-0.39, 0.29) is 11.3 Å². The Balaban J connectivity index is 1.64. The van der Waals surface area contributed by atoms with Gasteiger partial charge in [-0.1, -0.05) is 20.8 Å². The quantitative estimate of drug-likeness (QED) is 0.768. The average Bonchev–Trinajstić information content (AvgIpc) is 2.97. The van der Waals surface area contributed by atoms with Gasteiger partial charge in [0, 0.05) is 36.5 Å². The number of thiophene rings is 1. The Morgan fingerprint density at radius 2 is 1.73 bits per heavy atom. The van der Waals surface area contributed by atoms with Crippen LogP contribution in [0.25, 0.3) is 10.2 Å². The molecule has 0 radical (unpaired) electrons. The molecular weight excluding hydrogens is 344 g/mol. The van der Waals surface area contributed by atoms with E-state index >= 15 is 0 Å². The fraction of sp³-hybridized carbons (Fsp3) is 0.650. The monoisotopic (exact) mass is 372 g/mol. The Morgan fingerprint density at radius 1 is 1.04 bits per heavy atom. The maximum absolute atomic E-state index is 12.6. The number of hydrogen-bond acceptors (Lipinski definition) is 5. The van der Waals surface area contributed by atoms with E-state index in [9.17, 15) is 4.79 Å². The molecule has 4 rings (SSSR count). The Bertz CT molecular complexity index is 844. The largest absolute Gasteiger partial charge is 0.352 e. The van der Waals surface area contributed by atoms with Crippen LogP contribution >= 0.6 is 11.3 Å². The zero-order chi connectivity index (χ0) is 18.5. The number of nitrogens with zero attached hydrogens (tertiary/aromatic N) is 4. The van der Waals surface area contributed by atoms with Crippen LogP contribution in [0.5, 0.6) is 0 Å². The van der Waals surface area contributed by atoms with Crippen molar-refractivity contribution in [3.8, 4) is 0 Å². The summed E-state index contributed by atoms with van der Waals surface area (Å²) >= 11 is 1.86. The summed E-state index contributed by atoms with van der Waals surface area (Å²) in [6.45, 7) is 11.2. The standard InChI is InChI=1S/C20H28N4OS/c1-13-21-17(16-14-7-5-6-8-15(14)26-18(16)22-13)23-9-11-24(12-10-23)19(25)20(2,3)4/h5-12H2,1-4H3. The maximum atomic E-state index is 12.6. The molecule has 3 heterocycles. The van der Waals surface area contributed by atoms with E-state index in [2.05, 4.69) is 4.90 Å². The molecule has 2 aromatic heterocycles. The summed E-state index contributed by atoms with van der Waals surface area (Å²) in [4.78, 5) is 29.2. The lowest BCUT2D eigenvalue weighted by Gasteiger charge is -2.38. The molecule has 2 aromatic rings. The first-order valence-corrected chi connectivity index (χ1v) is 10.5. The van der Waals surface area contributed by atoms with Crippen LogP contribution in [-0.2, 0) is 17.6 Å². The van der Waals surface area contributed by atoms with Crippen molar-refractivity contribution in [1.29, 1.82) is 0 Å². The van der Waals surface area contributed by atoms with Crippen molar-refractivity contribution in [2.45, 2.75) is 53.4 Å². The molecule has 0 unspecified atom stereocenters. The zero-order valence-corrected chi connectivity index (χ0v) is 17.1. The van der Waals surface area contributed by atoms with E-state index in [1.807, 2.05) is 43.9 Å². The minimum atomic E-state index is -0.312. The van der Waals surface area contributed by atoms with Crippen LogP contribution in [0.1, 0.15) is 49.9 Å². The molecular formula is C20H28N4OS. The Kier molecular flexibility index (Phi) is 4.41. The third-order valence-electron chi connectivity index (χ3n) is 5.42. The van der Waals surface area contributed by atoms with Crippen LogP contribution in [-0.4, -0.2) is 47.0 Å². The van der Waals surface area contributed by atoms with Gasteiger partial charge in [0.15, 0.2) is 0 Å². The first kappa shape index (κ1) is 17.7. The number of anilines is 1. The first-order valence-electron chi connectivity index (χ1n) is 9.68. The Labute approximate surface area is 159 Å². The second kappa shape index (κ2) is 6.48. The first-order chi connectivity index (χ1) is 12.3. The SMILES string of the molecule is Cc1nc(N2CCN(C(=O)C(C)(C)C)CC2)c2c3c(sc2n1)CCCC3. The average molecular weight is 373 g/mol. The van der Waals surface area contributed by atoms with E-state index in [0.717, 1.165) is 49.1 Å². The van der Waals surface area contributed by atoms with E-state index < -0.39 is 0 Å². The molecule has 0 spiro atoms. The molecule has 0 aromatic carbocycles. The van der Waals surface area contributed by atoms with Crippen molar-refractivity contribution < 1.29 is 4.79 Å². The number of aromatic nitrogens is 2. The van der Waals surface area contributed by atoms with Gasteiger partial charge < -0.3 is 9.80 Å². The number of carbonyl (C=O) groups is 1. The minimum absolute atomic E-state index is 0.245. The van der Waals surface area contributed by atoms with Gasteiger partial charge in [0.25, 0.3) is 0 Å². The number of carbonyl (C=O) groups excluding carboxylic acids is 1. The molecule has 0 saturated carbocycles. The fourth-order valence-electron chi connectivity index (χ4n) is 4.07. The topological polar surface area (TPSA) is 49.3 Å². The molecule has 1 aliphatic heterocycles. The normalized spacial score (nSPS) is 18.3. The highest BCUT2D eigenvalue weighted by Gasteiger charge is 2.31. The summed E-state index contributed by atoms with van der Waals surface area (Å²) in [6.07, 6.45) is 4.88. The Hall–Kier alpha value is -1.69. The van der Waals surface area contributed by atoms with Crippen LogP contribution in [0.4, 0.5) is 5.82 Å². The lowest BCUT2D eigenvalue weighted by molar-refractivity contribution is -0.139. The molecule has 0 atom stereocenters. The summed E-state index contributed by atoms with van der Waals surface area (Å²) in [6, 6.07) is 0. The second-order valence-corrected chi connectivity index (χ2v) is 9.60. The van der Waals surface area contributed by atoms with Crippen molar-refractivity contribution in [3.05, 3.63) is 16.3 Å². The van der Waals surface area contributed by atoms with Crippen molar-refractivity contribution in [1.82, 2.24) is 14.9 Å². The molecule has 140 valence electrons. The molecule has 26 heavy (non-hydrogen) atoms. The van der Waals surface area contributed by atoms with Gasteiger partial charge in [-0.15, -0.1) is 11.3 Å². The van der Waals surface area contributed by atoms with Gasteiger partial charge in [-0.2, -0.15) is 0 Å². The highest BCUT2D eigenvalue weighted by molar-refractivity contribution is 7.19. The highest BCUT2D eigenvalue weighted by atomic mass is 32.1. The molecule has 0 N–H and O–H groups in total. The Morgan fingerprint density at radius 3 is 2.42 bits per heavy atom. The van der Waals surface area contributed by atoms with Gasteiger partial charge in [0.05, 0.1) is 5.39 Å². The summed E-state index contributed by atoms with van der Waals surface area (Å²) in [5.74, 6) is 2.18. The van der Waals surface area contributed by atoms with Crippen molar-refractivity contribution in [3.63, 3.8) is 0 Å². The lowest BCUT2D eigenvalue weighted by Crippen LogP contribution is -2.52. The van der Waals surface area contributed by atoms with Crippen molar-refractivity contribution in [2.75, 3.05) is 31.1 Å². The van der Waals surface area contributed by atoms with Crippen LogP contribution < -0.4 is 4.90 Å². The second-order valence-electron chi connectivity index (χ2n) is 8.51. The van der Waals surface area contributed by atoms with Crippen LogP contribution in [0.15, 0.2) is 0 Å². The van der Waals surface area contributed by atoms with Gasteiger partial charge in [0.2, 0.25) is 5.91 Å². The number of hydrogen-bond donors (Lipinski definition) is 0. The van der Waals surface area contributed by atoms with Gasteiger partial charge in [-0.3, -0.25) is 4.79 Å². The molecule has 0 bridgehead atoms. The zero-order valence-electron chi connectivity index (χ0n) is 16.3. The van der Waals surface area contributed by atoms with Crippen LogP contribution in [0.3, 0.4) is 0 Å². The smallest absolute Gasteiger partial charge is 0.228 e. The van der Waals surface area contributed by atoms with E-state index in [1.165, 1.54) is 35.1 Å². The molecule has 2 aliphatic rings. The predicted octanol–water partition coefficient (Wildman–Crippen LogP) is 3.57. The molecule has 1 saturated heterocycles. The highest BCUT2D eigenvalue weighted by Crippen LogP contribution is 2.40. The number of fused-ring (bicyclic) bond motifs is 3. The molecule has 1 amide bonds. The number of rotatable bonds is 1. The van der Waals surface area contributed by atoms with E-state index in [1.54, 1.807) is 0 Å². The molecule has 1 fully saturated rings. The molecule has 5 nitrogen and oxygen atoms in total. The number of aryl methyl sites for hydroxylation is 3. The van der Waals surface area contributed by atoms with Gasteiger partial charge >= 0.3 is 0 Å². The lowest BCUT2D eigenvalue weighted by atomic mass is 9.94. The van der Waals surface area contributed by atoms with Crippen LogP contribution in [0.2, 0.25) is 0 Å². The third kappa shape index (κ3) is 3.08.